The molecule has 1 N–H and O–H groups in total. The highest BCUT2D eigenvalue weighted by molar-refractivity contribution is 6.32. The van der Waals surface area contributed by atoms with Gasteiger partial charge in [0.1, 0.15) is 18.8 Å². The molecule has 0 atom stereocenters. The average Bonchev–Trinajstić information content (AvgIpc) is 2.65. The van der Waals surface area contributed by atoms with Gasteiger partial charge in [-0.05, 0) is 43.2 Å². The van der Waals surface area contributed by atoms with E-state index in [0.717, 1.165) is 35.1 Å². The summed E-state index contributed by atoms with van der Waals surface area (Å²) >= 11 is 6.16. The van der Waals surface area contributed by atoms with E-state index < -0.39 is 0 Å². The van der Waals surface area contributed by atoms with E-state index in [2.05, 4.69) is 9.88 Å². The lowest BCUT2D eigenvalue weighted by Gasteiger charge is -2.30. The molecule has 1 aromatic carbocycles. The molecule has 25 heavy (non-hydrogen) atoms. The maximum Gasteiger partial charge on any atom is 0.274 e. The number of benzene rings is 1. The third kappa shape index (κ3) is 4.23. The molecule has 1 saturated heterocycles. The van der Waals surface area contributed by atoms with Crippen molar-refractivity contribution in [2.75, 3.05) is 37.7 Å². The second-order valence-electron chi connectivity index (χ2n) is 6.28. The van der Waals surface area contributed by atoms with Crippen molar-refractivity contribution >= 4 is 23.3 Å². The average molecular weight is 361 g/mol. The minimum atomic E-state index is 0.0157. The van der Waals surface area contributed by atoms with Gasteiger partial charge < -0.3 is 9.64 Å². The van der Waals surface area contributed by atoms with Gasteiger partial charge in [0.05, 0.1) is 19.3 Å². The van der Waals surface area contributed by atoms with Gasteiger partial charge in [-0.3, -0.25) is 9.69 Å². The highest BCUT2D eigenvalue weighted by Gasteiger charge is 2.26. The van der Waals surface area contributed by atoms with Gasteiger partial charge in [-0.2, -0.15) is 0 Å². The molecule has 2 aromatic rings. The van der Waals surface area contributed by atoms with E-state index in [9.17, 15) is 4.79 Å². The van der Waals surface area contributed by atoms with Gasteiger partial charge in [0, 0.05) is 11.1 Å². The number of halogens is 1. The van der Waals surface area contributed by atoms with Crippen molar-refractivity contribution in [3.8, 4) is 5.75 Å². The molecule has 1 aliphatic rings. The number of anilines is 1. The van der Waals surface area contributed by atoms with Crippen LogP contribution in [0.15, 0.2) is 36.5 Å². The van der Waals surface area contributed by atoms with Crippen LogP contribution in [0.4, 0.5) is 5.82 Å². The van der Waals surface area contributed by atoms with Crippen LogP contribution in [0, 0.1) is 13.8 Å². The number of amides is 1. The molecule has 0 saturated carbocycles. The van der Waals surface area contributed by atoms with Crippen molar-refractivity contribution < 1.29 is 14.5 Å². The second-order valence-corrected chi connectivity index (χ2v) is 6.65. The topological polar surface area (TPSA) is 46.9 Å². The monoisotopic (exact) mass is 360 g/mol. The molecular formula is C19H23ClN3O2+. The Balaban J connectivity index is 1.51. The Bertz CT molecular complexity index is 721. The van der Waals surface area contributed by atoms with Gasteiger partial charge in [0.2, 0.25) is 0 Å². The summed E-state index contributed by atoms with van der Waals surface area (Å²) in [6, 6.07) is 9.75. The number of carbonyl (C=O) groups is 1. The number of ether oxygens (including phenoxy) is 1. The Morgan fingerprint density at radius 3 is 2.44 bits per heavy atom. The number of nitrogens with zero attached hydrogens (tertiary/aromatic N) is 2. The molecule has 3 rings (SSSR count). The number of carbonyl (C=O) groups excluding carboxylic acids is 1. The smallest absolute Gasteiger partial charge is 0.274 e. The molecule has 6 heteroatoms. The van der Waals surface area contributed by atoms with Crippen LogP contribution in [0.5, 0.6) is 5.75 Å². The number of nitrogens with one attached hydrogen (secondary N) is 1. The highest BCUT2D eigenvalue weighted by Crippen LogP contribution is 2.25. The highest BCUT2D eigenvalue weighted by atomic mass is 35.5. The van der Waals surface area contributed by atoms with Crippen LogP contribution < -0.4 is 14.6 Å². The van der Waals surface area contributed by atoms with E-state index in [1.165, 1.54) is 0 Å². The SMILES string of the molecule is Cc1cc(OCC(=O)N2CCN(c3cccc[nH+]3)CC2)cc(C)c1Cl. The first-order valence-corrected chi connectivity index (χ1v) is 8.81. The zero-order chi connectivity index (χ0) is 17.8. The summed E-state index contributed by atoms with van der Waals surface area (Å²) in [6.07, 6.45) is 1.91. The van der Waals surface area contributed by atoms with Crippen LogP contribution in [0.3, 0.4) is 0 Å². The largest absolute Gasteiger partial charge is 0.484 e. The van der Waals surface area contributed by atoms with E-state index in [4.69, 9.17) is 16.3 Å². The standard InChI is InChI=1S/C19H22ClN3O2/c1-14-11-16(12-15(2)19(14)20)25-13-18(24)23-9-7-22(8-10-23)17-5-3-4-6-21-17/h3-6,11-12H,7-10,13H2,1-2H3/p+1. The minimum absolute atomic E-state index is 0.0157. The predicted octanol–water partition coefficient (Wildman–Crippen LogP) is 2.50. The number of pyridine rings is 1. The van der Waals surface area contributed by atoms with Crippen LogP contribution >= 0.6 is 11.6 Å². The summed E-state index contributed by atoms with van der Waals surface area (Å²) in [5, 5.41) is 0.743. The summed E-state index contributed by atoms with van der Waals surface area (Å²) in [4.78, 5) is 19.7. The van der Waals surface area contributed by atoms with Crippen molar-refractivity contribution in [3.05, 3.63) is 52.7 Å². The van der Waals surface area contributed by atoms with Gasteiger partial charge in [0.25, 0.3) is 11.7 Å². The summed E-state index contributed by atoms with van der Waals surface area (Å²) in [7, 11) is 0. The lowest BCUT2D eigenvalue weighted by atomic mass is 10.1. The van der Waals surface area contributed by atoms with E-state index in [0.29, 0.717) is 18.8 Å². The lowest BCUT2D eigenvalue weighted by molar-refractivity contribution is -0.364. The van der Waals surface area contributed by atoms with Crippen molar-refractivity contribution in [3.63, 3.8) is 0 Å². The minimum Gasteiger partial charge on any atom is -0.484 e. The first kappa shape index (κ1) is 17.5. The normalized spacial score (nSPS) is 14.5. The molecular weight excluding hydrogens is 338 g/mol. The molecule has 1 amide bonds. The third-order valence-electron chi connectivity index (χ3n) is 4.44. The number of aryl methyl sites for hydroxylation is 2. The number of aromatic nitrogens is 1. The van der Waals surface area contributed by atoms with Crippen molar-refractivity contribution in [2.24, 2.45) is 0 Å². The van der Waals surface area contributed by atoms with Crippen molar-refractivity contribution in [1.29, 1.82) is 0 Å². The third-order valence-corrected chi connectivity index (χ3v) is 5.03. The van der Waals surface area contributed by atoms with Crippen LogP contribution in [0.1, 0.15) is 11.1 Å². The zero-order valence-electron chi connectivity index (χ0n) is 14.6. The van der Waals surface area contributed by atoms with Gasteiger partial charge in [-0.1, -0.05) is 17.7 Å². The van der Waals surface area contributed by atoms with Crippen molar-refractivity contribution in [1.82, 2.24) is 4.90 Å². The van der Waals surface area contributed by atoms with Crippen LogP contribution in [0.2, 0.25) is 5.02 Å². The molecule has 5 nitrogen and oxygen atoms in total. The Hall–Kier alpha value is -2.27. The fourth-order valence-corrected chi connectivity index (χ4v) is 3.11. The molecule has 0 bridgehead atoms. The molecule has 0 spiro atoms. The molecule has 0 unspecified atom stereocenters. The first-order valence-electron chi connectivity index (χ1n) is 8.43. The van der Waals surface area contributed by atoms with E-state index in [1.807, 2.05) is 55.3 Å². The Kier molecular flexibility index (Phi) is 5.43. The van der Waals surface area contributed by atoms with E-state index in [1.54, 1.807) is 0 Å². The van der Waals surface area contributed by atoms with Crippen LogP contribution in [-0.2, 0) is 4.79 Å². The van der Waals surface area contributed by atoms with Gasteiger partial charge in [-0.25, -0.2) is 4.98 Å². The molecule has 1 aliphatic heterocycles. The number of hydrogen-bond acceptors (Lipinski definition) is 3. The predicted molar refractivity (Wildman–Crippen MR) is 98.2 cm³/mol. The second kappa shape index (κ2) is 7.74. The van der Waals surface area contributed by atoms with Gasteiger partial charge in [0.15, 0.2) is 6.61 Å². The summed E-state index contributed by atoms with van der Waals surface area (Å²) in [6.45, 7) is 6.94. The van der Waals surface area contributed by atoms with Gasteiger partial charge in [-0.15, -0.1) is 0 Å². The number of rotatable bonds is 4. The quantitative estimate of drug-likeness (QED) is 0.841. The Morgan fingerprint density at radius 1 is 1.16 bits per heavy atom. The fourth-order valence-electron chi connectivity index (χ4n) is 3.00. The number of hydrogen-bond donors (Lipinski definition) is 0. The molecule has 0 aliphatic carbocycles. The van der Waals surface area contributed by atoms with E-state index >= 15 is 0 Å². The molecule has 1 fully saturated rings. The Labute approximate surface area is 153 Å². The zero-order valence-corrected chi connectivity index (χ0v) is 15.3. The Morgan fingerprint density at radius 2 is 1.84 bits per heavy atom. The van der Waals surface area contributed by atoms with Gasteiger partial charge >= 0.3 is 0 Å². The van der Waals surface area contributed by atoms with Crippen LogP contribution in [-0.4, -0.2) is 43.6 Å². The van der Waals surface area contributed by atoms with Crippen LogP contribution in [0.25, 0.3) is 0 Å². The number of piperazine rings is 1. The lowest BCUT2D eigenvalue weighted by Crippen LogP contribution is -2.51. The summed E-state index contributed by atoms with van der Waals surface area (Å²) < 4.78 is 5.68. The maximum atomic E-state index is 12.4. The fraction of sp³-hybridized carbons (Fsp3) is 0.368. The molecule has 2 heterocycles. The molecule has 1 aromatic heterocycles. The maximum absolute atomic E-state index is 12.4. The van der Waals surface area contributed by atoms with Crippen molar-refractivity contribution in [2.45, 2.75) is 13.8 Å². The number of H-pyrrole nitrogens is 1. The van der Waals surface area contributed by atoms with E-state index in [-0.39, 0.29) is 12.5 Å². The molecule has 132 valence electrons. The number of aromatic amines is 1. The summed E-state index contributed by atoms with van der Waals surface area (Å²) in [5.74, 6) is 1.78. The summed E-state index contributed by atoms with van der Waals surface area (Å²) in [5.41, 5.74) is 1.91. The molecule has 0 radical (unpaired) electrons. The first-order chi connectivity index (χ1) is 12.0.